The van der Waals surface area contributed by atoms with Gasteiger partial charge in [-0.05, 0) is 36.5 Å². The Morgan fingerprint density at radius 3 is 2.25 bits per heavy atom. The summed E-state index contributed by atoms with van der Waals surface area (Å²) in [6.45, 7) is 9.34. The minimum atomic E-state index is 0.563. The summed E-state index contributed by atoms with van der Waals surface area (Å²) >= 11 is 5.83. The van der Waals surface area contributed by atoms with Gasteiger partial charge in [-0.25, -0.2) is 0 Å². The molecule has 1 aromatic carbocycles. The van der Waals surface area contributed by atoms with Crippen molar-refractivity contribution in [1.29, 1.82) is 0 Å². The van der Waals surface area contributed by atoms with Crippen molar-refractivity contribution >= 4 is 11.6 Å². The summed E-state index contributed by atoms with van der Waals surface area (Å²) in [5.74, 6) is 2.19. The Labute approximate surface area is 104 Å². The highest BCUT2D eigenvalue weighted by atomic mass is 35.5. The van der Waals surface area contributed by atoms with Crippen LogP contribution in [0.2, 0.25) is 0 Å². The van der Waals surface area contributed by atoms with Crippen LogP contribution in [-0.2, 0) is 5.88 Å². The normalized spacial score (nSPS) is 12.6. The van der Waals surface area contributed by atoms with Gasteiger partial charge in [0.25, 0.3) is 0 Å². The van der Waals surface area contributed by atoms with Crippen molar-refractivity contribution in [3.8, 4) is 5.75 Å². The fourth-order valence-electron chi connectivity index (χ4n) is 1.69. The van der Waals surface area contributed by atoms with Gasteiger partial charge in [0.2, 0.25) is 0 Å². The van der Waals surface area contributed by atoms with Gasteiger partial charge in [-0.2, -0.15) is 0 Å². The third-order valence-electron chi connectivity index (χ3n) is 2.88. The topological polar surface area (TPSA) is 9.23 Å². The van der Waals surface area contributed by atoms with Gasteiger partial charge in [0.05, 0.1) is 6.61 Å². The van der Waals surface area contributed by atoms with Crippen molar-refractivity contribution in [1.82, 2.24) is 0 Å². The van der Waals surface area contributed by atoms with E-state index in [4.69, 9.17) is 16.3 Å². The predicted octanol–water partition coefficient (Wildman–Crippen LogP) is 4.47. The summed E-state index contributed by atoms with van der Waals surface area (Å²) in [6.07, 6.45) is 1.15. The van der Waals surface area contributed by atoms with Gasteiger partial charge < -0.3 is 4.74 Å². The van der Waals surface area contributed by atoms with Gasteiger partial charge in [0.15, 0.2) is 0 Å². The molecule has 1 rings (SSSR count). The number of hydrogen-bond donors (Lipinski definition) is 0. The summed E-state index contributed by atoms with van der Waals surface area (Å²) in [6, 6.07) is 4.21. The van der Waals surface area contributed by atoms with E-state index in [-0.39, 0.29) is 0 Å². The maximum atomic E-state index is 5.88. The lowest BCUT2D eigenvalue weighted by Gasteiger charge is -2.16. The van der Waals surface area contributed by atoms with Crippen molar-refractivity contribution in [3.05, 3.63) is 28.8 Å². The van der Waals surface area contributed by atoms with Gasteiger partial charge in [-0.15, -0.1) is 11.6 Å². The average Bonchev–Trinajstić information content (AvgIpc) is 2.27. The number of rotatable bonds is 5. The molecular formula is C14H21ClO. The summed E-state index contributed by atoms with van der Waals surface area (Å²) in [7, 11) is 0. The van der Waals surface area contributed by atoms with Crippen LogP contribution in [0, 0.1) is 19.8 Å². The number of benzene rings is 1. The number of hydrogen-bond acceptors (Lipinski definition) is 1. The molecule has 0 spiro atoms. The molecule has 0 aliphatic carbocycles. The second kappa shape index (κ2) is 6.15. The first-order valence-corrected chi connectivity index (χ1v) is 6.40. The fourth-order valence-corrected chi connectivity index (χ4v) is 1.84. The van der Waals surface area contributed by atoms with Crippen LogP contribution in [0.3, 0.4) is 0 Å². The summed E-state index contributed by atoms with van der Waals surface area (Å²) in [4.78, 5) is 0. The third-order valence-corrected chi connectivity index (χ3v) is 3.19. The van der Waals surface area contributed by atoms with E-state index < -0.39 is 0 Å². The lowest BCUT2D eigenvalue weighted by atomic mass is 10.1. The quantitative estimate of drug-likeness (QED) is 0.691. The molecule has 0 heterocycles. The molecule has 90 valence electrons. The third kappa shape index (κ3) is 3.41. The molecule has 0 amide bonds. The second-order valence-corrected chi connectivity index (χ2v) is 4.78. The van der Waals surface area contributed by atoms with Crippen molar-refractivity contribution in [2.24, 2.45) is 5.92 Å². The standard InChI is InChI=1S/C14H21ClO/c1-5-10(2)9-16-14-11(3)6-13(8-15)7-12(14)4/h6-7,10H,5,8-9H2,1-4H3. The smallest absolute Gasteiger partial charge is 0.125 e. The van der Waals surface area contributed by atoms with Crippen LogP contribution in [0.4, 0.5) is 0 Å². The Morgan fingerprint density at radius 1 is 1.25 bits per heavy atom. The molecule has 16 heavy (non-hydrogen) atoms. The maximum absolute atomic E-state index is 5.88. The number of aryl methyl sites for hydroxylation is 2. The first-order chi connectivity index (χ1) is 7.58. The van der Waals surface area contributed by atoms with Crippen LogP contribution in [0.5, 0.6) is 5.75 Å². The van der Waals surface area contributed by atoms with E-state index in [1.807, 2.05) is 0 Å². The highest BCUT2D eigenvalue weighted by Gasteiger charge is 2.07. The van der Waals surface area contributed by atoms with Gasteiger partial charge in [0.1, 0.15) is 5.75 Å². The van der Waals surface area contributed by atoms with Crippen LogP contribution < -0.4 is 4.74 Å². The number of ether oxygens (including phenoxy) is 1. The highest BCUT2D eigenvalue weighted by molar-refractivity contribution is 6.17. The Kier molecular flexibility index (Phi) is 5.14. The Bertz CT molecular complexity index is 324. The Hall–Kier alpha value is -0.690. The van der Waals surface area contributed by atoms with Gasteiger partial charge >= 0.3 is 0 Å². The monoisotopic (exact) mass is 240 g/mol. The largest absolute Gasteiger partial charge is 0.493 e. The lowest BCUT2D eigenvalue weighted by Crippen LogP contribution is -2.09. The van der Waals surface area contributed by atoms with Gasteiger partial charge in [0, 0.05) is 5.88 Å². The summed E-state index contributed by atoms with van der Waals surface area (Å²) in [5, 5.41) is 0. The molecule has 0 radical (unpaired) electrons. The van der Waals surface area contributed by atoms with Crippen LogP contribution in [-0.4, -0.2) is 6.61 Å². The predicted molar refractivity (Wildman–Crippen MR) is 70.4 cm³/mol. The molecule has 1 nitrogen and oxygen atoms in total. The number of alkyl halides is 1. The van der Waals surface area contributed by atoms with Crippen molar-refractivity contribution in [2.75, 3.05) is 6.61 Å². The fraction of sp³-hybridized carbons (Fsp3) is 0.571. The van der Waals surface area contributed by atoms with E-state index >= 15 is 0 Å². The zero-order chi connectivity index (χ0) is 12.1. The molecule has 0 saturated carbocycles. The molecule has 0 aromatic heterocycles. The molecule has 0 saturated heterocycles. The van der Waals surface area contributed by atoms with Gasteiger partial charge in [-0.3, -0.25) is 0 Å². The summed E-state index contributed by atoms with van der Waals surface area (Å²) in [5.41, 5.74) is 3.52. The van der Waals surface area contributed by atoms with Crippen molar-refractivity contribution in [3.63, 3.8) is 0 Å². The molecular weight excluding hydrogens is 220 g/mol. The molecule has 0 aliphatic heterocycles. The second-order valence-electron chi connectivity index (χ2n) is 4.52. The van der Waals surface area contributed by atoms with E-state index in [2.05, 4.69) is 39.8 Å². The molecule has 0 bridgehead atoms. The van der Waals surface area contributed by atoms with E-state index in [0.717, 1.165) is 24.3 Å². The molecule has 1 atom stereocenters. The zero-order valence-electron chi connectivity index (χ0n) is 10.6. The van der Waals surface area contributed by atoms with E-state index in [9.17, 15) is 0 Å². The van der Waals surface area contributed by atoms with E-state index in [1.54, 1.807) is 0 Å². The van der Waals surface area contributed by atoms with E-state index in [0.29, 0.717) is 11.8 Å². The minimum absolute atomic E-state index is 0.563. The number of halogens is 1. The molecule has 0 N–H and O–H groups in total. The lowest BCUT2D eigenvalue weighted by molar-refractivity contribution is 0.253. The molecule has 0 fully saturated rings. The van der Waals surface area contributed by atoms with Crippen LogP contribution in [0.1, 0.15) is 37.0 Å². The van der Waals surface area contributed by atoms with Crippen LogP contribution in [0.25, 0.3) is 0 Å². The first-order valence-electron chi connectivity index (χ1n) is 5.87. The summed E-state index contributed by atoms with van der Waals surface area (Å²) < 4.78 is 5.88. The zero-order valence-corrected chi connectivity index (χ0v) is 11.4. The average molecular weight is 241 g/mol. The van der Waals surface area contributed by atoms with Crippen LogP contribution in [0.15, 0.2) is 12.1 Å². The SMILES string of the molecule is CCC(C)COc1c(C)cc(CCl)cc1C. The van der Waals surface area contributed by atoms with Crippen molar-refractivity contribution in [2.45, 2.75) is 40.0 Å². The first kappa shape index (κ1) is 13.4. The van der Waals surface area contributed by atoms with Crippen LogP contribution >= 0.6 is 11.6 Å². The van der Waals surface area contributed by atoms with Gasteiger partial charge in [-0.1, -0.05) is 32.4 Å². The molecule has 1 aromatic rings. The Balaban J connectivity index is 2.80. The molecule has 0 aliphatic rings. The maximum Gasteiger partial charge on any atom is 0.125 e. The minimum Gasteiger partial charge on any atom is -0.493 e. The van der Waals surface area contributed by atoms with E-state index in [1.165, 1.54) is 11.1 Å². The molecule has 1 unspecified atom stereocenters. The highest BCUT2D eigenvalue weighted by Crippen LogP contribution is 2.26. The molecule has 2 heteroatoms. The Morgan fingerprint density at radius 2 is 1.81 bits per heavy atom. The van der Waals surface area contributed by atoms with Crippen molar-refractivity contribution < 1.29 is 4.74 Å².